The Balaban J connectivity index is 1.28. The van der Waals surface area contributed by atoms with Gasteiger partial charge >= 0.3 is 6.18 Å². The van der Waals surface area contributed by atoms with Crippen LogP contribution in [-0.2, 0) is 29.1 Å². The van der Waals surface area contributed by atoms with Gasteiger partial charge in [0.15, 0.2) is 9.84 Å². The van der Waals surface area contributed by atoms with Gasteiger partial charge in [0.05, 0.1) is 16.2 Å². The number of hydrogen-bond acceptors (Lipinski definition) is 4. The summed E-state index contributed by atoms with van der Waals surface area (Å²) in [6.45, 7) is 4.14. The van der Waals surface area contributed by atoms with Gasteiger partial charge in [-0.05, 0) is 72.0 Å². The lowest BCUT2D eigenvalue weighted by molar-refractivity contribution is -0.137. The first-order valence-corrected chi connectivity index (χ1v) is 13.8. The topological polar surface area (TPSA) is 66.5 Å². The Morgan fingerprint density at radius 2 is 1.57 bits per heavy atom. The van der Waals surface area contributed by atoms with Gasteiger partial charge < -0.3 is 5.32 Å². The van der Waals surface area contributed by atoms with Gasteiger partial charge in [-0.1, -0.05) is 43.3 Å². The van der Waals surface area contributed by atoms with Gasteiger partial charge in [-0.25, -0.2) is 8.42 Å². The van der Waals surface area contributed by atoms with Gasteiger partial charge in [0, 0.05) is 25.2 Å². The van der Waals surface area contributed by atoms with Crippen molar-refractivity contribution in [1.82, 2.24) is 10.2 Å². The van der Waals surface area contributed by atoms with Crippen molar-refractivity contribution in [1.29, 1.82) is 0 Å². The molecule has 4 rings (SSSR count). The third kappa shape index (κ3) is 6.78. The quantitative estimate of drug-likeness (QED) is 0.423. The van der Waals surface area contributed by atoms with E-state index in [9.17, 15) is 26.4 Å². The summed E-state index contributed by atoms with van der Waals surface area (Å²) in [7, 11) is -3.25. The second-order valence-electron chi connectivity index (χ2n) is 9.27. The van der Waals surface area contributed by atoms with Gasteiger partial charge in [0.25, 0.3) is 5.91 Å². The van der Waals surface area contributed by atoms with Crippen LogP contribution < -0.4 is 5.32 Å². The molecule has 1 N–H and O–H groups in total. The largest absolute Gasteiger partial charge is 0.416 e. The molecule has 3 aromatic carbocycles. The maximum Gasteiger partial charge on any atom is 0.416 e. The van der Waals surface area contributed by atoms with E-state index in [1.54, 1.807) is 43.3 Å². The Morgan fingerprint density at radius 3 is 2.16 bits per heavy atom. The van der Waals surface area contributed by atoms with Crippen molar-refractivity contribution < 1.29 is 26.4 Å². The highest BCUT2D eigenvalue weighted by Crippen LogP contribution is 2.31. The molecule has 0 aliphatic carbocycles. The molecule has 9 heteroatoms. The minimum absolute atomic E-state index is 0.0388. The SMILES string of the molecule is CCS(=O)(=O)c1ccc(CNC(=O)c2ccc(C3CCN(Cc4ccc(C(F)(F)F)cc4)C3)cc2)cc1. The van der Waals surface area contributed by atoms with E-state index in [2.05, 4.69) is 10.2 Å². The zero-order chi connectivity index (χ0) is 26.6. The molecule has 1 aliphatic heterocycles. The van der Waals surface area contributed by atoms with Gasteiger partial charge in [-0.15, -0.1) is 0 Å². The first kappa shape index (κ1) is 26.9. The Bertz CT molecular complexity index is 1320. The second kappa shape index (κ2) is 11.1. The molecule has 1 atom stereocenters. The number of nitrogens with zero attached hydrogens (tertiary/aromatic N) is 1. The smallest absolute Gasteiger partial charge is 0.348 e. The van der Waals surface area contributed by atoms with Crippen LogP contribution in [0.25, 0.3) is 0 Å². The van der Waals surface area contributed by atoms with Crippen molar-refractivity contribution in [2.24, 2.45) is 0 Å². The second-order valence-corrected chi connectivity index (χ2v) is 11.5. The molecule has 0 bridgehead atoms. The molecule has 3 aromatic rings. The predicted octanol–water partition coefficient (Wildman–Crippen LogP) is 5.42. The van der Waals surface area contributed by atoms with E-state index in [4.69, 9.17) is 0 Å². The van der Waals surface area contributed by atoms with Gasteiger partial charge in [0.1, 0.15) is 0 Å². The number of alkyl halides is 3. The van der Waals surface area contributed by atoms with E-state index in [0.29, 0.717) is 18.0 Å². The molecule has 1 heterocycles. The number of carbonyl (C=O) groups excluding carboxylic acids is 1. The number of benzene rings is 3. The summed E-state index contributed by atoms with van der Waals surface area (Å²) in [4.78, 5) is 15.1. The van der Waals surface area contributed by atoms with E-state index in [1.807, 2.05) is 12.1 Å². The monoisotopic (exact) mass is 530 g/mol. The first-order valence-electron chi connectivity index (χ1n) is 12.1. The minimum atomic E-state index is -4.33. The normalized spacial score (nSPS) is 16.6. The van der Waals surface area contributed by atoms with Crippen LogP contribution in [0.4, 0.5) is 13.2 Å². The Labute approximate surface area is 215 Å². The zero-order valence-electron chi connectivity index (χ0n) is 20.5. The summed E-state index contributed by atoms with van der Waals surface area (Å²) in [5.74, 6) is 0.119. The number of nitrogens with one attached hydrogen (secondary N) is 1. The summed E-state index contributed by atoms with van der Waals surface area (Å²) >= 11 is 0. The van der Waals surface area contributed by atoms with Crippen LogP contribution in [-0.4, -0.2) is 38.1 Å². The standard InChI is InChI=1S/C28H29F3N2O3S/c1-2-37(35,36)26-13-5-20(6-14-26)17-32-27(34)23-9-7-22(8-10-23)24-15-16-33(19-24)18-21-3-11-25(12-4-21)28(29,30)31/h3-14,24H,2,15-19H2,1H3,(H,32,34). The molecule has 37 heavy (non-hydrogen) atoms. The van der Waals surface area contributed by atoms with Crippen LogP contribution in [0, 0.1) is 0 Å². The molecule has 0 radical (unpaired) electrons. The van der Waals surface area contributed by atoms with E-state index in [0.717, 1.165) is 48.3 Å². The molecule has 0 saturated carbocycles. The number of likely N-dealkylation sites (tertiary alicyclic amines) is 1. The van der Waals surface area contributed by atoms with E-state index >= 15 is 0 Å². The van der Waals surface area contributed by atoms with Crippen LogP contribution >= 0.6 is 0 Å². The highest BCUT2D eigenvalue weighted by molar-refractivity contribution is 7.91. The molecule has 1 unspecified atom stereocenters. The lowest BCUT2D eigenvalue weighted by Gasteiger charge is -2.17. The van der Waals surface area contributed by atoms with Gasteiger partial charge in [0.2, 0.25) is 0 Å². The third-order valence-electron chi connectivity index (χ3n) is 6.72. The molecule has 1 aliphatic rings. The lowest BCUT2D eigenvalue weighted by atomic mass is 9.97. The Kier molecular flexibility index (Phi) is 8.04. The molecule has 196 valence electrons. The van der Waals surface area contributed by atoms with Crippen LogP contribution in [0.1, 0.15) is 51.9 Å². The summed E-state index contributed by atoms with van der Waals surface area (Å²) in [6, 6.07) is 19.3. The summed E-state index contributed by atoms with van der Waals surface area (Å²) in [6.07, 6.45) is -3.39. The molecule has 0 aromatic heterocycles. The molecule has 5 nitrogen and oxygen atoms in total. The van der Waals surface area contributed by atoms with Crippen LogP contribution in [0.5, 0.6) is 0 Å². The van der Waals surface area contributed by atoms with Crippen molar-refractivity contribution in [3.05, 3.63) is 101 Å². The average molecular weight is 531 g/mol. The third-order valence-corrected chi connectivity index (χ3v) is 8.47. The Morgan fingerprint density at radius 1 is 0.946 bits per heavy atom. The maximum absolute atomic E-state index is 12.8. The number of hydrogen-bond donors (Lipinski definition) is 1. The highest BCUT2D eigenvalue weighted by atomic mass is 32.2. The zero-order valence-corrected chi connectivity index (χ0v) is 21.3. The number of carbonyl (C=O) groups is 1. The molecule has 1 amide bonds. The first-order chi connectivity index (χ1) is 17.5. The van der Waals surface area contributed by atoms with Crippen molar-refractivity contribution in [2.45, 2.75) is 43.4 Å². The summed E-state index contributed by atoms with van der Waals surface area (Å²) < 4.78 is 62.1. The molecule has 1 fully saturated rings. The fraction of sp³-hybridized carbons (Fsp3) is 0.321. The fourth-order valence-electron chi connectivity index (χ4n) is 4.48. The predicted molar refractivity (Wildman–Crippen MR) is 136 cm³/mol. The number of sulfone groups is 1. The van der Waals surface area contributed by atoms with Crippen LogP contribution in [0.2, 0.25) is 0 Å². The van der Waals surface area contributed by atoms with E-state index in [1.165, 1.54) is 12.1 Å². The Hall–Kier alpha value is -3.17. The fourth-order valence-corrected chi connectivity index (χ4v) is 5.36. The average Bonchev–Trinajstić information content (AvgIpc) is 3.36. The number of halogens is 3. The molecule has 1 saturated heterocycles. The van der Waals surface area contributed by atoms with E-state index in [-0.39, 0.29) is 23.1 Å². The number of rotatable bonds is 8. The summed E-state index contributed by atoms with van der Waals surface area (Å²) in [5.41, 5.74) is 2.68. The van der Waals surface area contributed by atoms with Crippen molar-refractivity contribution >= 4 is 15.7 Å². The maximum atomic E-state index is 12.8. The van der Waals surface area contributed by atoms with Crippen molar-refractivity contribution in [3.63, 3.8) is 0 Å². The van der Waals surface area contributed by atoms with E-state index < -0.39 is 21.6 Å². The molecular weight excluding hydrogens is 501 g/mol. The lowest BCUT2D eigenvalue weighted by Crippen LogP contribution is -2.23. The summed E-state index contributed by atoms with van der Waals surface area (Å²) in [5, 5.41) is 2.86. The van der Waals surface area contributed by atoms with Gasteiger partial charge in [-0.3, -0.25) is 9.69 Å². The highest BCUT2D eigenvalue weighted by Gasteiger charge is 2.30. The van der Waals surface area contributed by atoms with Crippen LogP contribution in [0.3, 0.4) is 0 Å². The number of amides is 1. The van der Waals surface area contributed by atoms with Crippen molar-refractivity contribution in [2.75, 3.05) is 18.8 Å². The van der Waals surface area contributed by atoms with Crippen LogP contribution in [0.15, 0.2) is 77.7 Å². The molecule has 0 spiro atoms. The minimum Gasteiger partial charge on any atom is -0.348 e. The molecular formula is C28H29F3N2O3S. The van der Waals surface area contributed by atoms with Gasteiger partial charge in [-0.2, -0.15) is 13.2 Å². The van der Waals surface area contributed by atoms with Crippen molar-refractivity contribution in [3.8, 4) is 0 Å².